The molecule has 1 saturated carbocycles. The molecule has 176 valence electrons. The first-order valence-corrected chi connectivity index (χ1v) is 12.2. The molecule has 3 aromatic rings. The van der Waals surface area contributed by atoms with Gasteiger partial charge in [-0.15, -0.1) is 5.10 Å². The van der Waals surface area contributed by atoms with Gasteiger partial charge in [0, 0.05) is 25.8 Å². The summed E-state index contributed by atoms with van der Waals surface area (Å²) in [6.07, 6.45) is 8.97. The number of aromatic nitrogens is 5. The number of nitrogens with two attached hydrogens (primary N) is 1. The summed E-state index contributed by atoms with van der Waals surface area (Å²) in [5.41, 5.74) is 9.08. The Labute approximate surface area is 193 Å². The fraction of sp³-hybridized carbons (Fsp3) is 0.625. The molecule has 5 heterocycles. The van der Waals surface area contributed by atoms with E-state index in [0.29, 0.717) is 23.8 Å². The van der Waals surface area contributed by atoms with E-state index in [2.05, 4.69) is 33.2 Å². The molecule has 3 aliphatic rings. The van der Waals surface area contributed by atoms with Gasteiger partial charge < -0.3 is 20.1 Å². The molecule has 3 fully saturated rings. The van der Waals surface area contributed by atoms with Crippen LogP contribution in [0.2, 0.25) is 0 Å². The van der Waals surface area contributed by atoms with Crippen molar-refractivity contribution in [3.05, 3.63) is 23.9 Å². The second-order valence-electron chi connectivity index (χ2n) is 10.0. The maximum atomic E-state index is 6.53. The Bertz CT molecular complexity index is 1110. The highest BCUT2D eigenvalue weighted by atomic mass is 16.5. The van der Waals surface area contributed by atoms with E-state index in [0.717, 1.165) is 49.0 Å². The highest BCUT2D eigenvalue weighted by molar-refractivity contribution is 5.92. The SMILES string of the molecule is CC1COCCN1c1cc(C2CCC3(CCOCC3)CC2)c2c(N)nn(-c3ccn[nH]3)c2n1. The number of hydrogen-bond acceptors (Lipinski definition) is 7. The van der Waals surface area contributed by atoms with E-state index in [1.54, 1.807) is 10.9 Å². The Morgan fingerprint density at radius 3 is 2.67 bits per heavy atom. The van der Waals surface area contributed by atoms with E-state index in [1.165, 1.54) is 44.1 Å². The van der Waals surface area contributed by atoms with Crippen LogP contribution in [-0.4, -0.2) is 64.0 Å². The van der Waals surface area contributed by atoms with Crippen molar-refractivity contribution in [2.24, 2.45) is 5.41 Å². The topological polar surface area (TPSA) is 107 Å². The van der Waals surface area contributed by atoms with E-state index in [4.69, 9.17) is 20.2 Å². The van der Waals surface area contributed by atoms with E-state index < -0.39 is 0 Å². The smallest absolute Gasteiger partial charge is 0.169 e. The number of rotatable bonds is 3. The molecule has 3 aromatic heterocycles. The lowest BCUT2D eigenvalue weighted by atomic mass is 9.65. The molecular formula is C24H33N7O2. The molecule has 6 rings (SSSR count). The predicted molar refractivity (Wildman–Crippen MR) is 127 cm³/mol. The van der Waals surface area contributed by atoms with Crippen molar-refractivity contribution in [2.45, 2.75) is 57.4 Å². The fourth-order valence-electron chi connectivity index (χ4n) is 6.07. The lowest BCUT2D eigenvalue weighted by molar-refractivity contribution is -0.00757. The minimum atomic E-state index is 0.272. The van der Waals surface area contributed by atoms with Crippen LogP contribution in [0.15, 0.2) is 18.3 Å². The molecule has 9 nitrogen and oxygen atoms in total. The van der Waals surface area contributed by atoms with Gasteiger partial charge in [-0.3, -0.25) is 5.10 Å². The van der Waals surface area contributed by atoms with Crippen LogP contribution >= 0.6 is 0 Å². The van der Waals surface area contributed by atoms with Crippen LogP contribution in [0.25, 0.3) is 16.9 Å². The first-order valence-electron chi connectivity index (χ1n) is 12.2. The molecule has 0 bridgehead atoms. The largest absolute Gasteiger partial charge is 0.382 e. The lowest BCUT2D eigenvalue weighted by Crippen LogP contribution is -2.44. The molecule has 0 amide bonds. The first-order chi connectivity index (χ1) is 16.1. The van der Waals surface area contributed by atoms with Gasteiger partial charge in [-0.2, -0.15) is 9.78 Å². The Morgan fingerprint density at radius 1 is 1.12 bits per heavy atom. The fourth-order valence-corrected chi connectivity index (χ4v) is 6.07. The Balaban J connectivity index is 1.43. The third-order valence-electron chi connectivity index (χ3n) is 8.10. The van der Waals surface area contributed by atoms with Crippen LogP contribution in [0.3, 0.4) is 0 Å². The van der Waals surface area contributed by atoms with Crippen molar-refractivity contribution in [1.29, 1.82) is 0 Å². The average Bonchev–Trinajstić information content (AvgIpc) is 3.48. The van der Waals surface area contributed by atoms with Gasteiger partial charge in [0.15, 0.2) is 17.3 Å². The lowest BCUT2D eigenvalue weighted by Gasteiger charge is -2.43. The van der Waals surface area contributed by atoms with Crippen LogP contribution in [0.5, 0.6) is 0 Å². The highest BCUT2D eigenvalue weighted by Gasteiger charge is 2.38. The molecular weight excluding hydrogens is 418 g/mol. The summed E-state index contributed by atoms with van der Waals surface area (Å²) in [4.78, 5) is 7.45. The summed E-state index contributed by atoms with van der Waals surface area (Å²) in [7, 11) is 0. The molecule has 1 unspecified atom stereocenters. The third-order valence-corrected chi connectivity index (χ3v) is 8.10. The molecule has 1 spiro atoms. The van der Waals surface area contributed by atoms with Gasteiger partial charge in [-0.25, -0.2) is 4.98 Å². The van der Waals surface area contributed by atoms with E-state index >= 15 is 0 Å². The minimum absolute atomic E-state index is 0.272. The molecule has 1 atom stereocenters. The average molecular weight is 452 g/mol. The number of anilines is 2. The van der Waals surface area contributed by atoms with Gasteiger partial charge in [0.05, 0.1) is 30.8 Å². The summed E-state index contributed by atoms with van der Waals surface area (Å²) in [6.45, 7) is 6.28. The number of morpholine rings is 1. The number of hydrogen-bond donors (Lipinski definition) is 2. The van der Waals surface area contributed by atoms with Crippen molar-refractivity contribution in [2.75, 3.05) is 43.6 Å². The molecule has 33 heavy (non-hydrogen) atoms. The highest BCUT2D eigenvalue weighted by Crippen LogP contribution is 2.50. The number of pyridine rings is 1. The third kappa shape index (κ3) is 3.67. The molecule has 2 saturated heterocycles. The zero-order valence-electron chi connectivity index (χ0n) is 19.3. The van der Waals surface area contributed by atoms with E-state index in [1.807, 2.05) is 6.07 Å². The second kappa shape index (κ2) is 8.29. The Kier molecular flexibility index (Phi) is 5.25. The summed E-state index contributed by atoms with van der Waals surface area (Å²) in [5, 5.41) is 12.8. The molecule has 9 heteroatoms. The van der Waals surface area contributed by atoms with Gasteiger partial charge in [0.25, 0.3) is 0 Å². The van der Waals surface area contributed by atoms with Gasteiger partial charge >= 0.3 is 0 Å². The molecule has 1 aliphatic carbocycles. The molecule has 0 radical (unpaired) electrons. The number of aromatic amines is 1. The van der Waals surface area contributed by atoms with E-state index in [9.17, 15) is 0 Å². The summed E-state index contributed by atoms with van der Waals surface area (Å²) >= 11 is 0. The number of H-pyrrole nitrogens is 1. The summed E-state index contributed by atoms with van der Waals surface area (Å²) in [5.74, 6) is 2.75. The summed E-state index contributed by atoms with van der Waals surface area (Å²) in [6, 6.07) is 4.45. The normalized spacial score (nSPS) is 24.0. The van der Waals surface area contributed by atoms with Crippen LogP contribution in [0.4, 0.5) is 11.6 Å². The number of ether oxygens (including phenoxy) is 2. The van der Waals surface area contributed by atoms with Crippen LogP contribution in [0.1, 0.15) is 56.9 Å². The van der Waals surface area contributed by atoms with Crippen LogP contribution < -0.4 is 10.6 Å². The Hall–Kier alpha value is -2.65. The number of nitrogens with zero attached hydrogens (tertiary/aromatic N) is 5. The molecule has 2 aliphatic heterocycles. The molecule has 0 aromatic carbocycles. The standard InChI is InChI=1S/C24H33N7O2/c1-16-15-33-13-10-30(16)20-14-18(17-2-5-24(6-3-17)7-11-32-12-8-24)21-22(25)29-31(23(21)27-20)19-4-9-26-28-19/h4,9,14,16-17H,2-3,5-8,10-13,15H2,1H3,(H2,25,29)(H,26,28). The van der Waals surface area contributed by atoms with Crippen molar-refractivity contribution in [3.63, 3.8) is 0 Å². The number of nitrogens with one attached hydrogen (secondary N) is 1. The van der Waals surface area contributed by atoms with Crippen molar-refractivity contribution < 1.29 is 9.47 Å². The van der Waals surface area contributed by atoms with Crippen LogP contribution in [-0.2, 0) is 9.47 Å². The monoisotopic (exact) mass is 451 g/mol. The second-order valence-corrected chi connectivity index (χ2v) is 10.0. The predicted octanol–water partition coefficient (Wildman–Crippen LogP) is 3.41. The number of nitrogen functional groups attached to an aromatic ring is 1. The van der Waals surface area contributed by atoms with Crippen LogP contribution in [0, 0.1) is 5.41 Å². The van der Waals surface area contributed by atoms with Crippen molar-refractivity contribution >= 4 is 22.7 Å². The number of fused-ring (bicyclic) bond motifs is 1. The Morgan fingerprint density at radius 2 is 1.94 bits per heavy atom. The van der Waals surface area contributed by atoms with Gasteiger partial charge in [-0.1, -0.05) is 0 Å². The summed E-state index contributed by atoms with van der Waals surface area (Å²) < 4.78 is 13.1. The maximum Gasteiger partial charge on any atom is 0.169 e. The maximum absolute atomic E-state index is 6.53. The van der Waals surface area contributed by atoms with Gasteiger partial charge in [0.1, 0.15) is 5.82 Å². The van der Waals surface area contributed by atoms with Gasteiger partial charge in [0.2, 0.25) is 0 Å². The first kappa shape index (κ1) is 20.9. The van der Waals surface area contributed by atoms with Crippen molar-refractivity contribution in [3.8, 4) is 5.82 Å². The quantitative estimate of drug-likeness (QED) is 0.628. The van der Waals surface area contributed by atoms with Gasteiger partial charge in [-0.05, 0) is 68.4 Å². The van der Waals surface area contributed by atoms with E-state index in [-0.39, 0.29) is 6.04 Å². The van der Waals surface area contributed by atoms with Crippen molar-refractivity contribution in [1.82, 2.24) is 25.0 Å². The zero-order chi connectivity index (χ0) is 22.4. The minimum Gasteiger partial charge on any atom is -0.382 e. The zero-order valence-corrected chi connectivity index (χ0v) is 19.3. The molecule has 3 N–H and O–H groups in total.